The van der Waals surface area contributed by atoms with Crippen LogP contribution in [0.3, 0.4) is 0 Å². The van der Waals surface area contributed by atoms with Gasteiger partial charge in [-0.05, 0) is 0 Å². The van der Waals surface area contributed by atoms with Crippen molar-refractivity contribution in [2.75, 3.05) is 0 Å². The molecule has 0 saturated carbocycles. The summed E-state index contributed by atoms with van der Waals surface area (Å²) in [6.07, 6.45) is 0. The van der Waals surface area contributed by atoms with Crippen molar-refractivity contribution in [1.82, 2.24) is 19.8 Å². The molecule has 0 unspecified atom stereocenters. The van der Waals surface area contributed by atoms with Crippen molar-refractivity contribution in [3.05, 3.63) is 71.0 Å². The van der Waals surface area contributed by atoms with Crippen LogP contribution in [0.4, 0.5) is 0 Å². The summed E-state index contributed by atoms with van der Waals surface area (Å²) in [7, 11) is 0. The van der Waals surface area contributed by atoms with Crippen LogP contribution in [0.2, 0.25) is 0 Å². The predicted octanol–water partition coefficient (Wildman–Crippen LogP) is 2.88. The molecule has 0 atom stereocenters. The van der Waals surface area contributed by atoms with E-state index in [2.05, 4.69) is 15.3 Å². The van der Waals surface area contributed by atoms with E-state index in [1.807, 2.05) is 60.7 Å². The summed E-state index contributed by atoms with van der Waals surface area (Å²) in [6, 6.07) is 19.0. The van der Waals surface area contributed by atoms with Gasteiger partial charge in [0.1, 0.15) is 5.01 Å². The Morgan fingerprint density at radius 2 is 1.45 bits per heavy atom. The Bertz CT molecular complexity index is 993. The Morgan fingerprint density at radius 1 is 0.818 bits per heavy atom. The molecule has 0 amide bonds. The number of aromatic nitrogens is 4. The Morgan fingerprint density at radius 3 is 2.14 bits per heavy atom. The van der Waals surface area contributed by atoms with E-state index in [0.717, 1.165) is 16.1 Å². The summed E-state index contributed by atoms with van der Waals surface area (Å²) in [5, 5.41) is 13.3. The summed E-state index contributed by atoms with van der Waals surface area (Å²) in [5.41, 5.74) is 1.75. The molecule has 4 aromatic rings. The van der Waals surface area contributed by atoms with Gasteiger partial charge in [-0.15, -0.1) is 10.2 Å². The molecule has 106 valence electrons. The van der Waals surface area contributed by atoms with Crippen LogP contribution >= 0.6 is 11.3 Å². The third-order valence-electron chi connectivity index (χ3n) is 3.26. The number of benzene rings is 2. The lowest BCUT2D eigenvalue weighted by molar-refractivity contribution is 0.862. The molecule has 0 radical (unpaired) electrons. The molecule has 0 aliphatic carbocycles. The van der Waals surface area contributed by atoms with E-state index in [4.69, 9.17) is 0 Å². The van der Waals surface area contributed by atoms with Crippen molar-refractivity contribution in [1.29, 1.82) is 0 Å². The molecular weight excluding hydrogens is 296 g/mol. The molecule has 0 spiro atoms. The first kappa shape index (κ1) is 12.8. The Balaban J connectivity index is 1.92. The second-order valence-corrected chi connectivity index (χ2v) is 5.64. The number of hydrogen-bond acceptors (Lipinski definition) is 5. The molecule has 0 aliphatic rings. The average molecular weight is 306 g/mol. The van der Waals surface area contributed by atoms with Gasteiger partial charge in [0.2, 0.25) is 4.96 Å². The van der Waals surface area contributed by atoms with Crippen molar-refractivity contribution < 1.29 is 0 Å². The lowest BCUT2D eigenvalue weighted by Crippen LogP contribution is -2.19. The van der Waals surface area contributed by atoms with Crippen LogP contribution in [-0.2, 0) is 0 Å². The van der Waals surface area contributed by atoms with Crippen molar-refractivity contribution in [2.45, 2.75) is 0 Å². The third kappa shape index (κ3) is 2.10. The summed E-state index contributed by atoms with van der Waals surface area (Å²) < 4.78 is 1.32. The van der Waals surface area contributed by atoms with Crippen molar-refractivity contribution in [3.8, 4) is 21.8 Å². The quantitative estimate of drug-likeness (QED) is 0.571. The second-order valence-electron chi connectivity index (χ2n) is 4.69. The molecule has 2 heterocycles. The van der Waals surface area contributed by atoms with Gasteiger partial charge in [-0.3, -0.25) is 4.79 Å². The van der Waals surface area contributed by atoms with Gasteiger partial charge < -0.3 is 0 Å². The first-order valence-corrected chi connectivity index (χ1v) is 7.52. The van der Waals surface area contributed by atoms with E-state index >= 15 is 0 Å². The fourth-order valence-corrected chi connectivity index (χ4v) is 3.03. The molecule has 0 saturated heterocycles. The highest BCUT2D eigenvalue weighted by Crippen LogP contribution is 2.23. The van der Waals surface area contributed by atoms with Gasteiger partial charge in [-0.2, -0.15) is 9.61 Å². The molecule has 2 aromatic heterocycles. The fraction of sp³-hybridized carbons (Fsp3) is 0. The van der Waals surface area contributed by atoms with E-state index in [0.29, 0.717) is 10.7 Å². The number of hydrogen-bond donors (Lipinski definition) is 0. The minimum Gasteiger partial charge on any atom is -0.265 e. The van der Waals surface area contributed by atoms with E-state index in [9.17, 15) is 4.79 Å². The van der Waals surface area contributed by atoms with Crippen molar-refractivity contribution >= 4 is 16.3 Å². The molecule has 0 aliphatic heterocycles. The van der Waals surface area contributed by atoms with Crippen LogP contribution in [0.25, 0.3) is 26.8 Å². The first-order chi connectivity index (χ1) is 10.8. The maximum Gasteiger partial charge on any atom is 0.302 e. The molecule has 0 bridgehead atoms. The standard InChI is InChI=1S/C16H10N4OS/c21-15-13(11-7-3-1-4-8-11)17-18-16-20(15)19-14(22-16)12-9-5-2-6-10-12/h1-10H. The highest BCUT2D eigenvalue weighted by atomic mass is 32.1. The van der Waals surface area contributed by atoms with Gasteiger partial charge in [-0.25, -0.2) is 0 Å². The first-order valence-electron chi connectivity index (χ1n) is 6.70. The maximum absolute atomic E-state index is 12.6. The largest absolute Gasteiger partial charge is 0.302 e. The van der Waals surface area contributed by atoms with Gasteiger partial charge >= 0.3 is 5.56 Å². The maximum atomic E-state index is 12.6. The molecule has 4 rings (SSSR count). The van der Waals surface area contributed by atoms with Crippen molar-refractivity contribution in [2.24, 2.45) is 0 Å². The van der Waals surface area contributed by atoms with Crippen LogP contribution in [0.1, 0.15) is 0 Å². The van der Waals surface area contributed by atoms with Crippen LogP contribution in [0.5, 0.6) is 0 Å². The zero-order valence-electron chi connectivity index (χ0n) is 11.4. The van der Waals surface area contributed by atoms with E-state index in [1.165, 1.54) is 15.9 Å². The molecule has 2 aromatic carbocycles. The Kier molecular flexibility index (Phi) is 3.01. The van der Waals surface area contributed by atoms with Gasteiger partial charge in [0.25, 0.3) is 0 Å². The number of rotatable bonds is 2. The number of nitrogens with zero attached hydrogens (tertiary/aromatic N) is 4. The molecule has 5 nitrogen and oxygen atoms in total. The zero-order valence-corrected chi connectivity index (χ0v) is 12.2. The summed E-state index contributed by atoms with van der Waals surface area (Å²) in [6.45, 7) is 0. The normalized spacial score (nSPS) is 10.9. The topological polar surface area (TPSA) is 60.2 Å². The smallest absolute Gasteiger partial charge is 0.265 e. The molecule has 6 heteroatoms. The van der Waals surface area contributed by atoms with Gasteiger partial charge in [-0.1, -0.05) is 72.0 Å². The lowest BCUT2D eigenvalue weighted by Gasteiger charge is -1.97. The molecular formula is C16H10N4OS. The Hall–Kier alpha value is -2.86. The van der Waals surface area contributed by atoms with Gasteiger partial charge in [0, 0.05) is 11.1 Å². The monoisotopic (exact) mass is 306 g/mol. The van der Waals surface area contributed by atoms with Crippen LogP contribution in [-0.4, -0.2) is 19.8 Å². The molecule has 22 heavy (non-hydrogen) atoms. The lowest BCUT2D eigenvalue weighted by atomic mass is 10.2. The van der Waals surface area contributed by atoms with Crippen molar-refractivity contribution in [3.63, 3.8) is 0 Å². The molecule has 0 fully saturated rings. The van der Waals surface area contributed by atoms with Crippen LogP contribution in [0.15, 0.2) is 65.5 Å². The van der Waals surface area contributed by atoms with E-state index < -0.39 is 0 Å². The SMILES string of the molecule is O=c1c(-c2ccccc2)nnc2sc(-c3ccccc3)nn12. The Labute approximate surface area is 129 Å². The summed E-state index contributed by atoms with van der Waals surface area (Å²) in [5.74, 6) is 0. The fourth-order valence-electron chi connectivity index (χ4n) is 2.19. The third-order valence-corrected chi connectivity index (χ3v) is 4.21. The highest BCUT2D eigenvalue weighted by molar-refractivity contribution is 7.19. The minimum absolute atomic E-state index is 0.255. The average Bonchev–Trinajstić information content (AvgIpc) is 3.02. The number of fused-ring (bicyclic) bond motifs is 1. The second kappa shape index (κ2) is 5.16. The van der Waals surface area contributed by atoms with Gasteiger partial charge in [0.15, 0.2) is 5.69 Å². The van der Waals surface area contributed by atoms with Crippen LogP contribution in [0, 0.1) is 0 Å². The van der Waals surface area contributed by atoms with Gasteiger partial charge in [0.05, 0.1) is 0 Å². The summed E-state index contributed by atoms with van der Waals surface area (Å²) in [4.78, 5) is 13.1. The van der Waals surface area contributed by atoms with Crippen LogP contribution < -0.4 is 5.56 Å². The van der Waals surface area contributed by atoms with E-state index in [1.54, 1.807) is 0 Å². The predicted molar refractivity (Wildman–Crippen MR) is 85.8 cm³/mol. The van der Waals surface area contributed by atoms with E-state index in [-0.39, 0.29) is 5.56 Å². The highest BCUT2D eigenvalue weighted by Gasteiger charge is 2.13. The minimum atomic E-state index is -0.255. The summed E-state index contributed by atoms with van der Waals surface area (Å²) >= 11 is 1.35. The zero-order chi connectivity index (χ0) is 14.9. The molecule has 0 N–H and O–H groups in total.